The summed E-state index contributed by atoms with van der Waals surface area (Å²) in [6, 6.07) is 3.39. The Bertz CT molecular complexity index is 579. The molecule has 0 saturated heterocycles. The molecule has 1 unspecified atom stereocenters. The zero-order valence-corrected chi connectivity index (χ0v) is 12.6. The Morgan fingerprint density at radius 1 is 1.27 bits per heavy atom. The fourth-order valence-corrected chi connectivity index (χ4v) is 2.47. The smallest absolute Gasteiger partial charge is 0.376 e. The average Bonchev–Trinajstić information content (AvgIpc) is 2.47. The fraction of sp³-hybridized carbons (Fsp3) is 0.438. The van der Waals surface area contributed by atoms with E-state index in [1.807, 2.05) is 12.2 Å². The second-order valence-corrected chi connectivity index (χ2v) is 5.59. The molecule has 1 atom stereocenters. The molecule has 22 heavy (non-hydrogen) atoms. The fourth-order valence-electron chi connectivity index (χ4n) is 2.47. The van der Waals surface area contributed by atoms with Crippen LogP contribution in [-0.2, 0) is 11.0 Å². The van der Waals surface area contributed by atoms with Gasteiger partial charge in [-0.15, -0.1) is 0 Å². The number of allylic oxidation sites excluding steroid dienone is 2. The lowest BCUT2D eigenvalue weighted by Gasteiger charge is -2.22. The summed E-state index contributed by atoms with van der Waals surface area (Å²) in [6.07, 6.45) is 1.69. The Hall–Kier alpha value is -1.98. The third kappa shape index (κ3) is 3.81. The molecule has 0 radical (unpaired) electrons. The van der Waals surface area contributed by atoms with Gasteiger partial charge in [-0.05, 0) is 37.5 Å². The summed E-state index contributed by atoms with van der Waals surface area (Å²) < 4.78 is 38.6. The number of carbonyl (C=O) groups is 1. The van der Waals surface area contributed by atoms with Crippen molar-refractivity contribution in [2.75, 3.05) is 24.3 Å². The Morgan fingerprint density at radius 2 is 2.00 bits per heavy atom. The summed E-state index contributed by atoms with van der Waals surface area (Å²) in [6.45, 7) is 0. The molecule has 0 heterocycles. The molecule has 0 aromatic heterocycles. The molecule has 1 N–H and O–H groups in total. The minimum absolute atomic E-state index is 0.186. The first-order valence-electron chi connectivity index (χ1n) is 7.13. The van der Waals surface area contributed by atoms with Crippen LogP contribution in [0.15, 0.2) is 30.4 Å². The summed E-state index contributed by atoms with van der Waals surface area (Å²) >= 11 is 0. The zero-order valence-electron chi connectivity index (χ0n) is 12.6. The van der Waals surface area contributed by atoms with Crippen LogP contribution in [0.2, 0.25) is 0 Å². The maximum Gasteiger partial charge on any atom is 0.416 e. The normalized spacial score (nSPS) is 18.1. The first-order chi connectivity index (χ1) is 10.3. The largest absolute Gasteiger partial charge is 0.416 e. The van der Waals surface area contributed by atoms with Crippen molar-refractivity contribution >= 4 is 17.3 Å². The second-order valence-electron chi connectivity index (χ2n) is 5.59. The highest BCUT2D eigenvalue weighted by Crippen LogP contribution is 2.35. The highest BCUT2D eigenvalue weighted by Gasteiger charge is 2.31. The molecule has 0 saturated carbocycles. The number of benzene rings is 1. The van der Waals surface area contributed by atoms with Crippen LogP contribution in [0.1, 0.15) is 24.8 Å². The first-order valence-corrected chi connectivity index (χ1v) is 7.13. The van der Waals surface area contributed by atoms with E-state index in [0.29, 0.717) is 12.1 Å². The molecular formula is C16H19F3N2O. The number of hydrogen-bond acceptors (Lipinski definition) is 2. The zero-order chi connectivity index (χ0) is 16.3. The molecule has 1 aliphatic rings. The average molecular weight is 312 g/mol. The van der Waals surface area contributed by atoms with Crippen molar-refractivity contribution in [3.8, 4) is 0 Å². The Balaban J connectivity index is 2.26. The molecule has 1 aromatic carbocycles. The van der Waals surface area contributed by atoms with Crippen LogP contribution in [-0.4, -0.2) is 20.0 Å². The van der Waals surface area contributed by atoms with Gasteiger partial charge in [0.25, 0.3) is 0 Å². The van der Waals surface area contributed by atoms with E-state index in [4.69, 9.17) is 0 Å². The number of rotatable bonds is 3. The summed E-state index contributed by atoms with van der Waals surface area (Å²) in [5.41, 5.74) is -0.0241. The van der Waals surface area contributed by atoms with Crippen molar-refractivity contribution in [1.82, 2.24) is 0 Å². The number of anilines is 2. The van der Waals surface area contributed by atoms with E-state index < -0.39 is 11.7 Å². The van der Waals surface area contributed by atoms with E-state index in [1.54, 1.807) is 19.0 Å². The van der Waals surface area contributed by atoms with Gasteiger partial charge in [0.1, 0.15) is 0 Å². The standard InChI is InChI=1S/C16H19F3N2O/c1-21(2)14-9-8-12(16(17,18)19)10-13(14)20-15(22)11-6-4-3-5-7-11/h3-4,8-11H,5-7H2,1-2H3,(H,20,22). The van der Waals surface area contributed by atoms with Crippen LogP contribution in [0.3, 0.4) is 0 Å². The molecule has 3 nitrogen and oxygen atoms in total. The molecule has 2 rings (SSSR count). The first kappa shape index (κ1) is 16.4. The number of nitrogens with one attached hydrogen (secondary N) is 1. The third-order valence-corrected chi connectivity index (χ3v) is 3.70. The van der Waals surface area contributed by atoms with Gasteiger partial charge in [0, 0.05) is 20.0 Å². The van der Waals surface area contributed by atoms with E-state index in [9.17, 15) is 18.0 Å². The van der Waals surface area contributed by atoms with E-state index in [2.05, 4.69) is 5.32 Å². The van der Waals surface area contributed by atoms with Gasteiger partial charge in [-0.3, -0.25) is 4.79 Å². The molecule has 0 aliphatic heterocycles. The predicted molar refractivity (Wildman–Crippen MR) is 80.9 cm³/mol. The number of hydrogen-bond donors (Lipinski definition) is 1. The van der Waals surface area contributed by atoms with Crippen molar-refractivity contribution in [2.24, 2.45) is 5.92 Å². The van der Waals surface area contributed by atoms with E-state index in [-0.39, 0.29) is 17.5 Å². The molecular weight excluding hydrogens is 293 g/mol. The van der Waals surface area contributed by atoms with Gasteiger partial charge in [0.2, 0.25) is 5.91 Å². The molecule has 120 valence electrons. The van der Waals surface area contributed by atoms with Crippen molar-refractivity contribution < 1.29 is 18.0 Å². The van der Waals surface area contributed by atoms with Crippen molar-refractivity contribution in [3.05, 3.63) is 35.9 Å². The highest BCUT2D eigenvalue weighted by atomic mass is 19.4. The van der Waals surface area contributed by atoms with E-state index >= 15 is 0 Å². The molecule has 1 aliphatic carbocycles. The lowest BCUT2D eigenvalue weighted by atomic mass is 9.93. The SMILES string of the molecule is CN(C)c1ccc(C(F)(F)F)cc1NC(=O)C1CC=CCC1. The van der Waals surface area contributed by atoms with Gasteiger partial charge in [0.05, 0.1) is 16.9 Å². The predicted octanol–water partition coefficient (Wildman–Crippen LogP) is 4.07. The number of nitrogens with zero attached hydrogens (tertiary/aromatic N) is 1. The number of halogens is 3. The van der Waals surface area contributed by atoms with E-state index in [1.165, 1.54) is 6.07 Å². The van der Waals surface area contributed by atoms with Crippen LogP contribution in [0.25, 0.3) is 0 Å². The molecule has 1 amide bonds. The Kier molecular flexibility index (Phi) is 4.78. The van der Waals surface area contributed by atoms with Crippen LogP contribution >= 0.6 is 0 Å². The Labute approximate surface area is 127 Å². The number of carbonyl (C=O) groups excluding carboxylic acids is 1. The summed E-state index contributed by atoms with van der Waals surface area (Å²) in [5, 5.41) is 2.66. The number of amides is 1. The third-order valence-electron chi connectivity index (χ3n) is 3.70. The Morgan fingerprint density at radius 3 is 2.55 bits per heavy atom. The lowest BCUT2D eigenvalue weighted by molar-refractivity contribution is -0.137. The molecule has 1 aromatic rings. The summed E-state index contributed by atoms with van der Waals surface area (Å²) in [7, 11) is 3.45. The molecule has 0 spiro atoms. The van der Waals surface area contributed by atoms with Crippen LogP contribution < -0.4 is 10.2 Å². The van der Waals surface area contributed by atoms with Crippen LogP contribution in [0.4, 0.5) is 24.5 Å². The van der Waals surface area contributed by atoms with Gasteiger partial charge in [-0.2, -0.15) is 13.2 Å². The van der Waals surface area contributed by atoms with Crippen molar-refractivity contribution in [3.63, 3.8) is 0 Å². The minimum atomic E-state index is -4.43. The lowest BCUT2D eigenvalue weighted by Crippen LogP contribution is -2.25. The van der Waals surface area contributed by atoms with Gasteiger partial charge in [-0.1, -0.05) is 12.2 Å². The van der Waals surface area contributed by atoms with Crippen LogP contribution in [0.5, 0.6) is 0 Å². The molecule has 0 bridgehead atoms. The van der Waals surface area contributed by atoms with Gasteiger partial charge in [0.15, 0.2) is 0 Å². The van der Waals surface area contributed by atoms with Gasteiger partial charge < -0.3 is 10.2 Å². The summed E-state index contributed by atoms with van der Waals surface area (Å²) in [5.74, 6) is -0.415. The highest BCUT2D eigenvalue weighted by molar-refractivity contribution is 5.96. The maximum absolute atomic E-state index is 12.9. The molecule has 0 fully saturated rings. The number of alkyl halides is 3. The quantitative estimate of drug-likeness (QED) is 0.853. The molecule has 6 heteroatoms. The topological polar surface area (TPSA) is 32.3 Å². The summed E-state index contributed by atoms with van der Waals surface area (Å²) in [4.78, 5) is 13.9. The van der Waals surface area contributed by atoms with Crippen LogP contribution in [0, 0.1) is 5.92 Å². The van der Waals surface area contributed by atoms with E-state index in [0.717, 1.165) is 25.0 Å². The second kappa shape index (κ2) is 6.42. The monoisotopic (exact) mass is 312 g/mol. The maximum atomic E-state index is 12.9. The van der Waals surface area contributed by atoms with Crippen molar-refractivity contribution in [2.45, 2.75) is 25.4 Å². The minimum Gasteiger partial charge on any atom is -0.376 e. The van der Waals surface area contributed by atoms with Gasteiger partial charge >= 0.3 is 6.18 Å². The van der Waals surface area contributed by atoms with Gasteiger partial charge in [-0.25, -0.2) is 0 Å². The van der Waals surface area contributed by atoms with Crippen molar-refractivity contribution in [1.29, 1.82) is 0 Å².